The van der Waals surface area contributed by atoms with Crippen LogP contribution in [0.4, 0.5) is 0 Å². The largest absolute Gasteiger partial charge is 0.480 e. The molecule has 12 nitrogen and oxygen atoms in total. The Bertz CT molecular complexity index is 496. The fraction of sp³-hybridized carbons (Fsp3) is 0.583. The van der Waals surface area contributed by atoms with Crippen molar-refractivity contribution in [2.45, 2.75) is 24.9 Å². The highest BCUT2D eigenvalue weighted by Gasteiger charge is 2.23. The second-order valence-corrected chi connectivity index (χ2v) is 4.69. The van der Waals surface area contributed by atoms with Crippen LogP contribution in [0.5, 0.6) is 0 Å². The van der Waals surface area contributed by atoms with Gasteiger partial charge < -0.3 is 37.6 Å². The molecule has 9 N–H and O–H groups in total. The molecular formula is C12H21N5O7. The smallest absolute Gasteiger partial charge is 0.328 e. The van der Waals surface area contributed by atoms with Crippen molar-refractivity contribution in [3.63, 3.8) is 0 Å². The minimum absolute atomic E-state index is 0.0943. The van der Waals surface area contributed by atoms with E-state index in [0.29, 0.717) is 0 Å². The Morgan fingerprint density at radius 3 is 2.04 bits per heavy atom. The topological polar surface area (TPSA) is 214 Å². The van der Waals surface area contributed by atoms with Gasteiger partial charge in [-0.3, -0.25) is 19.2 Å². The van der Waals surface area contributed by atoms with E-state index in [9.17, 15) is 24.0 Å². The molecule has 0 aliphatic carbocycles. The molecule has 0 aliphatic heterocycles. The number of primary amides is 1. The molecule has 2 unspecified atom stereocenters. The zero-order valence-electron chi connectivity index (χ0n) is 12.8. The number of aliphatic carboxylic acids is 1. The van der Waals surface area contributed by atoms with Crippen LogP contribution in [0.1, 0.15) is 12.8 Å². The normalized spacial score (nSPS) is 12.6. The van der Waals surface area contributed by atoms with Crippen LogP contribution < -0.4 is 27.4 Å². The molecule has 0 bridgehead atoms. The second-order valence-electron chi connectivity index (χ2n) is 4.69. The van der Waals surface area contributed by atoms with Gasteiger partial charge in [-0.2, -0.15) is 0 Å². The first kappa shape index (κ1) is 21.3. The summed E-state index contributed by atoms with van der Waals surface area (Å²) < 4.78 is 0. The van der Waals surface area contributed by atoms with Gasteiger partial charge in [-0.1, -0.05) is 0 Å². The first-order valence-corrected chi connectivity index (χ1v) is 6.89. The minimum Gasteiger partial charge on any atom is -0.480 e. The Morgan fingerprint density at radius 2 is 1.58 bits per heavy atom. The maximum Gasteiger partial charge on any atom is 0.328 e. The number of aliphatic hydroxyl groups excluding tert-OH is 1. The molecule has 0 aromatic heterocycles. The lowest BCUT2D eigenvalue weighted by molar-refractivity contribution is -0.142. The van der Waals surface area contributed by atoms with E-state index in [-0.39, 0.29) is 19.4 Å². The van der Waals surface area contributed by atoms with Gasteiger partial charge in [-0.05, 0) is 6.42 Å². The van der Waals surface area contributed by atoms with Gasteiger partial charge in [-0.15, -0.1) is 0 Å². The van der Waals surface area contributed by atoms with Crippen molar-refractivity contribution < 1.29 is 34.2 Å². The van der Waals surface area contributed by atoms with Crippen molar-refractivity contribution >= 4 is 29.6 Å². The Labute approximate surface area is 136 Å². The summed E-state index contributed by atoms with van der Waals surface area (Å²) in [4.78, 5) is 56.1. The van der Waals surface area contributed by atoms with Crippen LogP contribution in [0.15, 0.2) is 0 Å². The van der Waals surface area contributed by atoms with Crippen LogP contribution in [0.2, 0.25) is 0 Å². The molecule has 136 valence electrons. The molecule has 0 aliphatic rings. The zero-order valence-corrected chi connectivity index (χ0v) is 12.8. The summed E-state index contributed by atoms with van der Waals surface area (Å²) in [5, 5.41) is 23.9. The summed E-state index contributed by atoms with van der Waals surface area (Å²) in [6.07, 6.45) is -0.274. The molecule has 0 saturated carbocycles. The molecule has 24 heavy (non-hydrogen) atoms. The summed E-state index contributed by atoms with van der Waals surface area (Å²) in [6, 6.07) is -2.63. The first-order valence-electron chi connectivity index (χ1n) is 6.89. The molecule has 0 heterocycles. The highest BCUT2D eigenvalue weighted by Crippen LogP contribution is 1.97. The Kier molecular flexibility index (Phi) is 9.67. The lowest BCUT2D eigenvalue weighted by Crippen LogP contribution is -2.52. The molecular weight excluding hydrogens is 326 g/mol. The fourth-order valence-corrected chi connectivity index (χ4v) is 1.53. The summed E-state index contributed by atoms with van der Waals surface area (Å²) in [5.41, 5.74) is 10.1. The van der Waals surface area contributed by atoms with Gasteiger partial charge in [0.1, 0.15) is 12.1 Å². The standard InChI is InChI=1S/C12H21N5O7/c13-3-9(20)16-6(1-2-8(14)19)11(22)15-4-10(21)17-7(5-18)12(23)24/h6-7,18H,1-5,13H2,(H2,14,19)(H,15,22)(H,16,20)(H,17,21)(H,23,24). The fourth-order valence-electron chi connectivity index (χ4n) is 1.53. The number of carbonyl (C=O) groups excluding carboxylic acids is 4. The number of hydrogen-bond acceptors (Lipinski definition) is 7. The molecule has 0 aromatic carbocycles. The quantitative estimate of drug-likeness (QED) is 0.192. The average Bonchev–Trinajstić information content (AvgIpc) is 2.53. The minimum atomic E-state index is -1.50. The molecule has 0 fully saturated rings. The van der Waals surface area contributed by atoms with E-state index in [1.807, 2.05) is 5.32 Å². The zero-order chi connectivity index (χ0) is 18.7. The third kappa shape index (κ3) is 8.65. The number of carboxylic acids is 1. The number of nitrogens with two attached hydrogens (primary N) is 2. The van der Waals surface area contributed by atoms with Crippen molar-refractivity contribution in [3.8, 4) is 0 Å². The lowest BCUT2D eigenvalue weighted by Gasteiger charge is -2.18. The van der Waals surface area contributed by atoms with E-state index in [1.165, 1.54) is 0 Å². The Morgan fingerprint density at radius 1 is 1.00 bits per heavy atom. The highest BCUT2D eigenvalue weighted by atomic mass is 16.4. The maximum atomic E-state index is 11.9. The van der Waals surface area contributed by atoms with E-state index in [2.05, 4.69) is 10.6 Å². The van der Waals surface area contributed by atoms with Gasteiger partial charge in [0.15, 0.2) is 0 Å². The number of rotatable bonds is 11. The third-order valence-corrected chi connectivity index (χ3v) is 2.76. The highest BCUT2D eigenvalue weighted by molar-refractivity contribution is 5.92. The first-order chi connectivity index (χ1) is 11.2. The third-order valence-electron chi connectivity index (χ3n) is 2.76. The molecule has 0 saturated heterocycles. The number of hydrogen-bond donors (Lipinski definition) is 7. The lowest BCUT2D eigenvalue weighted by atomic mass is 10.1. The number of nitrogens with one attached hydrogen (secondary N) is 3. The average molecular weight is 347 g/mol. The van der Waals surface area contributed by atoms with E-state index >= 15 is 0 Å². The summed E-state index contributed by atoms with van der Waals surface area (Å²) in [5.74, 6) is -4.39. The number of aliphatic hydroxyl groups is 1. The van der Waals surface area contributed by atoms with Crippen LogP contribution >= 0.6 is 0 Å². The van der Waals surface area contributed by atoms with Crippen LogP contribution in [-0.2, 0) is 24.0 Å². The monoisotopic (exact) mass is 347 g/mol. The van der Waals surface area contributed by atoms with Gasteiger partial charge in [0.25, 0.3) is 0 Å². The maximum absolute atomic E-state index is 11.9. The van der Waals surface area contributed by atoms with E-state index in [0.717, 1.165) is 0 Å². The van der Waals surface area contributed by atoms with E-state index in [4.69, 9.17) is 21.7 Å². The molecule has 12 heteroatoms. The number of carbonyl (C=O) groups is 5. The van der Waals surface area contributed by atoms with E-state index in [1.54, 1.807) is 0 Å². The summed E-state index contributed by atoms with van der Waals surface area (Å²) in [6.45, 7) is -1.78. The van der Waals surface area contributed by atoms with Crippen molar-refractivity contribution in [3.05, 3.63) is 0 Å². The Hall–Kier alpha value is -2.73. The summed E-state index contributed by atoms with van der Waals surface area (Å²) in [7, 11) is 0. The van der Waals surface area contributed by atoms with Crippen LogP contribution in [0.3, 0.4) is 0 Å². The van der Waals surface area contributed by atoms with Gasteiger partial charge in [0.05, 0.1) is 19.7 Å². The van der Waals surface area contributed by atoms with Gasteiger partial charge in [-0.25, -0.2) is 4.79 Å². The van der Waals surface area contributed by atoms with Crippen LogP contribution in [0, 0.1) is 0 Å². The number of amides is 4. The number of carboxylic acid groups (broad SMARTS) is 1. The van der Waals surface area contributed by atoms with Crippen molar-refractivity contribution in [1.29, 1.82) is 0 Å². The van der Waals surface area contributed by atoms with E-state index < -0.39 is 54.8 Å². The van der Waals surface area contributed by atoms with Crippen molar-refractivity contribution in [2.75, 3.05) is 19.7 Å². The van der Waals surface area contributed by atoms with Crippen LogP contribution in [0.25, 0.3) is 0 Å². The second kappa shape index (κ2) is 10.9. The van der Waals surface area contributed by atoms with Gasteiger partial charge in [0.2, 0.25) is 23.6 Å². The van der Waals surface area contributed by atoms with Gasteiger partial charge in [0, 0.05) is 6.42 Å². The Balaban J connectivity index is 4.57. The molecule has 2 atom stereocenters. The predicted molar refractivity (Wildman–Crippen MR) is 79.1 cm³/mol. The van der Waals surface area contributed by atoms with Crippen LogP contribution in [-0.4, -0.2) is 71.6 Å². The van der Waals surface area contributed by atoms with Crippen molar-refractivity contribution in [2.24, 2.45) is 11.5 Å². The SMILES string of the molecule is NCC(=O)NC(CCC(N)=O)C(=O)NCC(=O)NC(CO)C(=O)O. The summed E-state index contributed by atoms with van der Waals surface area (Å²) >= 11 is 0. The van der Waals surface area contributed by atoms with Gasteiger partial charge >= 0.3 is 5.97 Å². The van der Waals surface area contributed by atoms with Crippen molar-refractivity contribution in [1.82, 2.24) is 16.0 Å². The predicted octanol–water partition coefficient (Wildman–Crippen LogP) is -4.63. The molecule has 0 spiro atoms. The molecule has 4 amide bonds. The molecule has 0 aromatic rings. The molecule has 0 radical (unpaired) electrons. The molecule has 0 rings (SSSR count).